The molecule has 0 fully saturated rings. The molecule has 104 valence electrons. The number of rotatable bonds is 2. The number of carbonyl (C=O) groups is 2. The van der Waals surface area contributed by atoms with Crippen LogP contribution in [-0.4, -0.2) is 21.9 Å². The van der Waals surface area contributed by atoms with E-state index in [1.165, 1.54) is 36.9 Å². The molecule has 6 nitrogen and oxygen atoms in total. The van der Waals surface area contributed by atoms with E-state index >= 15 is 0 Å². The maximum absolute atomic E-state index is 10.0. The SMILES string of the molecule is O=C([O-])c1cccnc1.O=C([O-])c1cccnc1.[Yb+2]. The molecule has 0 unspecified atom stereocenters. The number of hydrogen-bond donors (Lipinski definition) is 0. The first-order valence-electron chi connectivity index (χ1n) is 4.84. The molecule has 0 bridgehead atoms. The predicted molar refractivity (Wildman–Crippen MR) is 57.1 cm³/mol. The first-order chi connectivity index (χ1) is 8.61. The minimum absolute atomic E-state index is 0. The second kappa shape index (κ2) is 9.66. The van der Waals surface area contributed by atoms with Gasteiger partial charge in [0.05, 0.1) is 11.9 Å². The normalized spacial score (nSPS) is 8.42. The number of pyridine rings is 2. The van der Waals surface area contributed by atoms with Gasteiger partial charge in [-0.25, -0.2) is 0 Å². The third kappa shape index (κ3) is 7.05. The van der Waals surface area contributed by atoms with Crippen LogP contribution >= 0.6 is 0 Å². The van der Waals surface area contributed by atoms with E-state index in [4.69, 9.17) is 0 Å². The van der Waals surface area contributed by atoms with Crippen LogP contribution in [0.15, 0.2) is 49.1 Å². The maximum Gasteiger partial charge on any atom is 2.00 e. The molecule has 0 amide bonds. The smallest absolute Gasteiger partial charge is 0.545 e. The Hall–Kier alpha value is -1.24. The second-order valence-corrected chi connectivity index (χ2v) is 3.06. The van der Waals surface area contributed by atoms with Gasteiger partial charge in [-0.05, 0) is 12.1 Å². The van der Waals surface area contributed by atoms with Gasteiger partial charge >= 0.3 is 46.9 Å². The molecular formula is C12H8N2O4Yb. The topological polar surface area (TPSA) is 106 Å². The Labute approximate surface area is 147 Å². The first-order valence-corrected chi connectivity index (χ1v) is 4.84. The Morgan fingerprint density at radius 3 is 1.37 bits per heavy atom. The molecule has 0 N–H and O–H groups in total. The molecule has 0 aliphatic carbocycles. The number of carboxylic acids is 2. The third-order valence-corrected chi connectivity index (χ3v) is 1.79. The number of carbonyl (C=O) groups excluding carboxylic acids is 2. The van der Waals surface area contributed by atoms with Crippen LogP contribution in [0.5, 0.6) is 0 Å². The van der Waals surface area contributed by atoms with Crippen LogP contribution in [0.2, 0.25) is 0 Å². The van der Waals surface area contributed by atoms with E-state index in [1.807, 2.05) is 0 Å². The summed E-state index contributed by atoms with van der Waals surface area (Å²) < 4.78 is 0. The van der Waals surface area contributed by atoms with Crippen molar-refractivity contribution in [1.82, 2.24) is 9.97 Å². The molecule has 0 atom stereocenters. The van der Waals surface area contributed by atoms with Crippen LogP contribution in [0.25, 0.3) is 0 Å². The zero-order valence-corrected chi connectivity index (χ0v) is 11.1. The molecule has 0 aliphatic rings. The van der Waals surface area contributed by atoms with Gasteiger partial charge in [0, 0.05) is 35.9 Å². The molecule has 0 aromatic carbocycles. The van der Waals surface area contributed by atoms with Crippen molar-refractivity contribution in [3.63, 3.8) is 0 Å². The fourth-order valence-electron chi connectivity index (χ4n) is 0.967. The van der Waals surface area contributed by atoms with Crippen molar-refractivity contribution in [3.8, 4) is 0 Å². The zero-order chi connectivity index (χ0) is 13.4. The zero-order valence-electron chi connectivity index (χ0n) is 9.41. The molecule has 2 rings (SSSR count). The molecule has 7 heteroatoms. The molecule has 0 saturated carbocycles. The van der Waals surface area contributed by atoms with Crippen LogP contribution in [0.1, 0.15) is 20.7 Å². The molecular weight excluding hydrogens is 409 g/mol. The Kier molecular flexibility index (Phi) is 9.03. The standard InChI is InChI=1S/2C6H5NO2.Yb/c2*8-6(9)5-2-1-3-7-4-5;/h2*1-4H,(H,8,9);/q;;+2/p-2. The summed E-state index contributed by atoms with van der Waals surface area (Å²) in [4.78, 5) is 27.3. The molecule has 2 aromatic rings. The number of carboxylic acid groups (broad SMARTS) is 2. The van der Waals surface area contributed by atoms with Crippen LogP contribution < -0.4 is 10.2 Å². The van der Waals surface area contributed by atoms with Crippen molar-refractivity contribution in [3.05, 3.63) is 60.2 Å². The fraction of sp³-hybridized carbons (Fsp3) is 0. The number of hydrogen-bond acceptors (Lipinski definition) is 6. The average molecular weight is 417 g/mol. The van der Waals surface area contributed by atoms with Crippen molar-refractivity contribution in [2.45, 2.75) is 0 Å². The van der Waals surface area contributed by atoms with Crippen molar-refractivity contribution in [2.24, 2.45) is 0 Å². The summed E-state index contributed by atoms with van der Waals surface area (Å²) in [6.07, 6.45) is 5.50. The van der Waals surface area contributed by atoms with Crippen LogP contribution in [-0.2, 0) is 0 Å². The average Bonchev–Trinajstić information content (AvgIpc) is 2.41. The Bertz CT molecular complexity index is 470. The number of nitrogens with zero attached hydrogens (tertiary/aromatic N) is 2. The van der Waals surface area contributed by atoms with E-state index in [2.05, 4.69) is 9.97 Å². The molecule has 2 aromatic heterocycles. The summed E-state index contributed by atoms with van der Waals surface area (Å²) >= 11 is 0. The molecule has 0 aliphatic heterocycles. The maximum atomic E-state index is 10.0. The van der Waals surface area contributed by atoms with E-state index < -0.39 is 11.9 Å². The van der Waals surface area contributed by atoms with E-state index in [0.717, 1.165) is 0 Å². The van der Waals surface area contributed by atoms with Gasteiger partial charge in [-0.2, -0.15) is 0 Å². The Morgan fingerprint density at radius 1 is 0.842 bits per heavy atom. The third-order valence-electron chi connectivity index (χ3n) is 1.79. The Balaban J connectivity index is 0.000000324. The summed E-state index contributed by atoms with van der Waals surface area (Å²) in [5.74, 6) is -2.38. The largest absolute Gasteiger partial charge is 2.00 e. The molecule has 0 saturated heterocycles. The van der Waals surface area contributed by atoms with Gasteiger partial charge in [-0.3, -0.25) is 9.97 Å². The van der Waals surface area contributed by atoms with Gasteiger partial charge in [0.2, 0.25) is 0 Å². The first kappa shape index (κ1) is 17.8. The van der Waals surface area contributed by atoms with E-state index in [9.17, 15) is 19.8 Å². The van der Waals surface area contributed by atoms with Gasteiger partial charge in [0.1, 0.15) is 0 Å². The summed E-state index contributed by atoms with van der Waals surface area (Å²) in [6.45, 7) is 0. The van der Waals surface area contributed by atoms with Gasteiger partial charge < -0.3 is 19.8 Å². The van der Waals surface area contributed by atoms with E-state index in [0.29, 0.717) is 0 Å². The molecule has 2 heterocycles. The summed E-state index contributed by atoms with van der Waals surface area (Å²) in [5.41, 5.74) is 0.218. The molecule has 0 radical (unpaired) electrons. The summed E-state index contributed by atoms with van der Waals surface area (Å²) in [7, 11) is 0. The van der Waals surface area contributed by atoms with Crippen molar-refractivity contribution >= 4 is 11.9 Å². The summed E-state index contributed by atoms with van der Waals surface area (Å²) in [5, 5.41) is 20.1. The predicted octanol–water partition coefficient (Wildman–Crippen LogP) is -1.11. The van der Waals surface area contributed by atoms with Crippen LogP contribution in [0.4, 0.5) is 0 Å². The quantitative estimate of drug-likeness (QED) is 0.614. The summed E-state index contributed by atoms with van der Waals surface area (Å²) in [6, 6.07) is 5.96. The molecule has 0 spiro atoms. The molecule has 19 heavy (non-hydrogen) atoms. The van der Waals surface area contributed by atoms with Gasteiger partial charge in [0.25, 0.3) is 0 Å². The van der Waals surface area contributed by atoms with Crippen molar-refractivity contribution < 1.29 is 66.7 Å². The number of aromatic carboxylic acids is 2. The van der Waals surface area contributed by atoms with E-state index in [-0.39, 0.29) is 58.1 Å². The minimum atomic E-state index is -1.19. The van der Waals surface area contributed by atoms with Crippen molar-refractivity contribution in [1.29, 1.82) is 0 Å². The van der Waals surface area contributed by atoms with Gasteiger partial charge in [-0.1, -0.05) is 12.1 Å². The fourth-order valence-corrected chi connectivity index (χ4v) is 0.967. The monoisotopic (exact) mass is 418 g/mol. The number of aromatic nitrogens is 2. The van der Waals surface area contributed by atoms with Gasteiger partial charge in [-0.15, -0.1) is 0 Å². The second-order valence-electron chi connectivity index (χ2n) is 3.06. The van der Waals surface area contributed by atoms with E-state index in [1.54, 1.807) is 12.1 Å². The van der Waals surface area contributed by atoms with Crippen LogP contribution in [0, 0.1) is 46.9 Å². The van der Waals surface area contributed by atoms with Gasteiger partial charge in [0.15, 0.2) is 0 Å². The minimum Gasteiger partial charge on any atom is -0.545 e. The Morgan fingerprint density at radius 2 is 1.21 bits per heavy atom. The van der Waals surface area contributed by atoms with Crippen molar-refractivity contribution in [2.75, 3.05) is 0 Å². The van der Waals surface area contributed by atoms with Crippen LogP contribution in [0.3, 0.4) is 0 Å².